The third-order valence-corrected chi connectivity index (χ3v) is 3.64. The van der Waals surface area contributed by atoms with E-state index in [2.05, 4.69) is 21.2 Å². The normalized spacial score (nSPS) is 11.9. The van der Waals surface area contributed by atoms with Crippen molar-refractivity contribution in [1.82, 2.24) is 5.32 Å². The fraction of sp³-hybridized carbons (Fsp3) is 0.133. The minimum absolute atomic E-state index is 0.00887. The lowest BCUT2D eigenvalue weighted by molar-refractivity contribution is 0.0936. The molecule has 2 aromatic rings. The molecule has 104 valence electrons. The molecule has 1 atom stereocenters. The molecule has 0 spiro atoms. The molecule has 0 radical (unpaired) electrons. The Morgan fingerprint density at radius 2 is 1.95 bits per heavy atom. The van der Waals surface area contributed by atoms with Gasteiger partial charge in [-0.25, -0.2) is 4.39 Å². The van der Waals surface area contributed by atoms with Gasteiger partial charge in [0.15, 0.2) is 0 Å². The fourth-order valence-electron chi connectivity index (χ4n) is 1.80. The molecule has 1 amide bonds. The summed E-state index contributed by atoms with van der Waals surface area (Å²) in [6, 6.07) is 13.2. The van der Waals surface area contributed by atoms with Crippen molar-refractivity contribution in [3.05, 3.63) is 69.9 Å². The quantitative estimate of drug-likeness (QED) is 0.813. The van der Waals surface area contributed by atoms with Gasteiger partial charge in [-0.15, -0.1) is 11.6 Å². The topological polar surface area (TPSA) is 29.1 Å². The van der Waals surface area contributed by atoms with Crippen molar-refractivity contribution in [2.24, 2.45) is 0 Å². The SMILES string of the molecule is O=C(NC(CCl)c1ccccc1)c1cc(Br)ccc1F. The van der Waals surface area contributed by atoms with Crippen molar-refractivity contribution in [3.8, 4) is 0 Å². The smallest absolute Gasteiger partial charge is 0.254 e. The third-order valence-electron chi connectivity index (χ3n) is 2.83. The highest BCUT2D eigenvalue weighted by atomic mass is 79.9. The van der Waals surface area contributed by atoms with Gasteiger partial charge in [0.1, 0.15) is 5.82 Å². The number of halogens is 3. The van der Waals surface area contributed by atoms with Crippen LogP contribution in [0, 0.1) is 5.82 Å². The number of rotatable bonds is 4. The van der Waals surface area contributed by atoms with Crippen LogP contribution in [0.4, 0.5) is 4.39 Å². The molecule has 2 nitrogen and oxygen atoms in total. The van der Waals surface area contributed by atoms with Crippen LogP contribution in [0.3, 0.4) is 0 Å². The molecule has 0 aliphatic rings. The lowest BCUT2D eigenvalue weighted by Gasteiger charge is -2.16. The molecule has 1 N–H and O–H groups in total. The molecule has 0 heterocycles. The van der Waals surface area contributed by atoms with Crippen molar-refractivity contribution >= 4 is 33.4 Å². The van der Waals surface area contributed by atoms with Crippen LogP contribution in [0.25, 0.3) is 0 Å². The van der Waals surface area contributed by atoms with E-state index < -0.39 is 11.7 Å². The minimum atomic E-state index is -0.563. The van der Waals surface area contributed by atoms with Gasteiger partial charge >= 0.3 is 0 Å². The Hall–Kier alpha value is -1.39. The zero-order valence-corrected chi connectivity index (χ0v) is 12.8. The summed E-state index contributed by atoms with van der Waals surface area (Å²) in [6.07, 6.45) is 0. The summed E-state index contributed by atoms with van der Waals surface area (Å²) in [5.74, 6) is -0.837. The van der Waals surface area contributed by atoms with Crippen LogP contribution < -0.4 is 5.32 Å². The average Bonchev–Trinajstić information content (AvgIpc) is 2.48. The summed E-state index contributed by atoms with van der Waals surface area (Å²) in [6.45, 7) is 0. The van der Waals surface area contributed by atoms with Gasteiger partial charge in [-0.1, -0.05) is 46.3 Å². The number of carbonyl (C=O) groups excluding carboxylic acids is 1. The molecule has 20 heavy (non-hydrogen) atoms. The monoisotopic (exact) mass is 355 g/mol. The van der Waals surface area contributed by atoms with Crippen molar-refractivity contribution in [2.45, 2.75) is 6.04 Å². The number of amides is 1. The highest BCUT2D eigenvalue weighted by molar-refractivity contribution is 9.10. The molecule has 0 aliphatic carbocycles. The molecule has 2 aromatic carbocycles. The highest BCUT2D eigenvalue weighted by Gasteiger charge is 2.17. The molecule has 1 unspecified atom stereocenters. The van der Waals surface area contributed by atoms with Crippen LogP contribution >= 0.6 is 27.5 Å². The maximum absolute atomic E-state index is 13.7. The van der Waals surface area contributed by atoms with Crippen molar-refractivity contribution < 1.29 is 9.18 Å². The van der Waals surface area contributed by atoms with E-state index in [1.54, 1.807) is 6.07 Å². The molecule has 0 bridgehead atoms. The van der Waals surface area contributed by atoms with Crippen molar-refractivity contribution in [3.63, 3.8) is 0 Å². The Morgan fingerprint density at radius 3 is 2.60 bits per heavy atom. The lowest BCUT2D eigenvalue weighted by Crippen LogP contribution is -2.30. The van der Waals surface area contributed by atoms with Crippen LogP contribution in [-0.2, 0) is 0 Å². The second-order valence-electron chi connectivity index (χ2n) is 4.22. The second kappa shape index (κ2) is 6.86. The predicted octanol–water partition coefficient (Wildman–Crippen LogP) is 4.30. The Morgan fingerprint density at radius 1 is 1.25 bits per heavy atom. The van der Waals surface area contributed by atoms with Crippen LogP contribution in [0.2, 0.25) is 0 Å². The Kier molecular flexibility index (Phi) is 5.15. The number of carbonyl (C=O) groups is 1. The Balaban J connectivity index is 2.20. The molecule has 0 saturated carbocycles. The first kappa shape index (κ1) is 15.0. The predicted molar refractivity (Wildman–Crippen MR) is 81.5 cm³/mol. The van der Waals surface area contributed by atoms with E-state index in [9.17, 15) is 9.18 Å². The van der Waals surface area contributed by atoms with Crippen molar-refractivity contribution in [2.75, 3.05) is 5.88 Å². The van der Waals surface area contributed by atoms with E-state index in [1.807, 2.05) is 30.3 Å². The van der Waals surface area contributed by atoms with E-state index in [1.165, 1.54) is 12.1 Å². The molecule has 5 heteroatoms. The molecule has 0 fully saturated rings. The van der Waals surface area contributed by atoms with E-state index in [-0.39, 0.29) is 17.5 Å². The summed E-state index contributed by atoms with van der Waals surface area (Å²) in [5, 5.41) is 2.74. The molecular formula is C15H12BrClFNO. The standard InChI is InChI=1S/C15H12BrClFNO/c16-11-6-7-13(18)12(8-11)15(20)19-14(9-17)10-4-2-1-3-5-10/h1-8,14H,9H2,(H,19,20). The van der Waals surface area contributed by atoms with Gasteiger partial charge in [0.25, 0.3) is 5.91 Å². The zero-order chi connectivity index (χ0) is 14.5. The minimum Gasteiger partial charge on any atom is -0.344 e. The number of benzene rings is 2. The largest absolute Gasteiger partial charge is 0.344 e. The zero-order valence-electron chi connectivity index (χ0n) is 10.4. The third kappa shape index (κ3) is 3.58. The fourth-order valence-corrected chi connectivity index (χ4v) is 2.42. The van der Waals surface area contributed by atoms with Gasteiger partial charge < -0.3 is 5.32 Å². The van der Waals surface area contributed by atoms with E-state index in [4.69, 9.17) is 11.6 Å². The summed E-state index contributed by atoms with van der Waals surface area (Å²) in [5.41, 5.74) is 0.872. The summed E-state index contributed by atoms with van der Waals surface area (Å²) in [4.78, 5) is 12.1. The van der Waals surface area contributed by atoms with Gasteiger partial charge in [0.2, 0.25) is 0 Å². The van der Waals surface area contributed by atoms with Crippen LogP contribution in [-0.4, -0.2) is 11.8 Å². The lowest BCUT2D eigenvalue weighted by atomic mass is 10.1. The van der Waals surface area contributed by atoms with Gasteiger partial charge in [-0.05, 0) is 23.8 Å². The van der Waals surface area contributed by atoms with Gasteiger partial charge in [0, 0.05) is 10.4 Å². The Labute approximate surface area is 130 Å². The summed E-state index contributed by atoms with van der Waals surface area (Å²) < 4.78 is 14.3. The second-order valence-corrected chi connectivity index (χ2v) is 5.44. The molecule has 2 rings (SSSR count). The van der Waals surface area contributed by atoms with E-state index in [0.717, 1.165) is 5.56 Å². The highest BCUT2D eigenvalue weighted by Crippen LogP contribution is 2.18. The van der Waals surface area contributed by atoms with Crippen LogP contribution in [0.5, 0.6) is 0 Å². The number of hydrogen-bond acceptors (Lipinski definition) is 1. The van der Waals surface area contributed by atoms with E-state index >= 15 is 0 Å². The number of hydrogen-bond donors (Lipinski definition) is 1. The number of alkyl halides is 1. The van der Waals surface area contributed by atoms with Crippen molar-refractivity contribution in [1.29, 1.82) is 0 Å². The van der Waals surface area contributed by atoms with E-state index in [0.29, 0.717) is 4.47 Å². The Bertz CT molecular complexity index is 606. The average molecular weight is 357 g/mol. The first-order chi connectivity index (χ1) is 9.61. The van der Waals surface area contributed by atoms with Gasteiger partial charge in [0.05, 0.1) is 11.6 Å². The molecule has 0 aromatic heterocycles. The summed E-state index contributed by atoms with van der Waals surface area (Å²) >= 11 is 9.11. The first-order valence-corrected chi connectivity index (χ1v) is 7.31. The van der Waals surface area contributed by atoms with Crippen LogP contribution in [0.1, 0.15) is 22.0 Å². The maximum Gasteiger partial charge on any atom is 0.254 e. The van der Waals surface area contributed by atoms with Crippen LogP contribution in [0.15, 0.2) is 53.0 Å². The maximum atomic E-state index is 13.7. The molecule has 0 saturated heterocycles. The number of nitrogens with one attached hydrogen (secondary N) is 1. The van der Waals surface area contributed by atoms with Gasteiger partial charge in [-0.2, -0.15) is 0 Å². The first-order valence-electron chi connectivity index (χ1n) is 5.98. The molecule has 0 aliphatic heterocycles. The molecular weight excluding hydrogens is 345 g/mol. The van der Waals surface area contributed by atoms with Gasteiger partial charge in [-0.3, -0.25) is 4.79 Å². The summed E-state index contributed by atoms with van der Waals surface area (Å²) in [7, 11) is 0.